The number of carbonyl (C=O) groups is 1. The number of hydrogen-bond donors (Lipinski definition) is 0. The number of carbonyl (C=O) groups excluding carboxylic acids is 1. The number of thiophene rings is 1. The molecule has 0 saturated carbocycles. The number of aryl methyl sites for hydroxylation is 1. The Balaban J connectivity index is 2.50. The lowest BCUT2D eigenvalue weighted by molar-refractivity contribution is 0.0727. The van der Waals surface area contributed by atoms with Crippen LogP contribution >= 0.6 is 11.3 Å². The fraction of sp³-hybridized carbons (Fsp3) is 0.688. The summed E-state index contributed by atoms with van der Waals surface area (Å²) in [7, 11) is 0. The van der Waals surface area contributed by atoms with Crippen molar-refractivity contribution < 1.29 is 14.3 Å². The fourth-order valence-corrected chi connectivity index (χ4v) is 2.82. The van der Waals surface area contributed by atoms with E-state index in [1.54, 1.807) is 11.3 Å². The maximum atomic E-state index is 12.3. The van der Waals surface area contributed by atoms with Gasteiger partial charge >= 0.3 is 0 Å². The average Bonchev–Trinajstić information content (AvgIpc) is 2.96. The maximum Gasteiger partial charge on any atom is 0.186 e. The first-order chi connectivity index (χ1) is 10.2. The van der Waals surface area contributed by atoms with Crippen molar-refractivity contribution >= 4 is 17.1 Å². The zero-order valence-electron chi connectivity index (χ0n) is 13.4. The predicted molar refractivity (Wildman–Crippen MR) is 87.5 cm³/mol. The molecular weight excluding hydrogens is 286 g/mol. The van der Waals surface area contributed by atoms with Crippen LogP contribution in [0.1, 0.15) is 35.3 Å². The van der Waals surface area contributed by atoms with E-state index in [2.05, 4.69) is 11.8 Å². The third-order valence-electron chi connectivity index (χ3n) is 3.16. The lowest BCUT2D eigenvalue weighted by atomic mass is 10.3. The highest BCUT2D eigenvalue weighted by atomic mass is 32.1. The van der Waals surface area contributed by atoms with Gasteiger partial charge in [0, 0.05) is 31.2 Å². The van der Waals surface area contributed by atoms with Crippen molar-refractivity contribution in [2.24, 2.45) is 0 Å². The van der Waals surface area contributed by atoms with Crippen LogP contribution in [0.25, 0.3) is 0 Å². The summed E-state index contributed by atoms with van der Waals surface area (Å²) in [4.78, 5) is 16.6. The van der Waals surface area contributed by atoms with E-state index in [1.807, 2.05) is 26.0 Å². The van der Waals surface area contributed by atoms with E-state index in [1.165, 1.54) is 4.88 Å². The van der Waals surface area contributed by atoms with E-state index in [4.69, 9.17) is 9.47 Å². The monoisotopic (exact) mass is 313 g/mol. The summed E-state index contributed by atoms with van der Waals surface area (Å²) in [5, 5.41) is 0. The van der Waals surface area contributed by atoms with Crippen molar-refractivity contribution in [3.63, 3.8) is 0 Å². The zero-order chi connectivity index (χ0) is 15.5. The van der Waals surface area contributed by atoms with Crippen LogP contribution in [-0.2, 0) is 15.9 Å². The molecule has 0 amide bonds. The zero-order valence-corrected chi connectivity index (χ0v) is 14.2. The Labute approximate surface area is 132 Å². The summed E-state index contributed by atoms with van der Waals surface area (Å²) >= 11 is 1.60. The normalized spacial score (nSPS) is 11.2. The Morgan fingerprint density at radius 3 is 2.19 bits per heavy atom. The van der Waals surface area contributed by atoms with E-state index in [0.29, 0.717) is 33.0 Å². The van der Waals surface area contributed by atoms with E-state index < -0.39 is 0 Å². The molecule has 1 heterocycles. The van der Waals surface area contributed by atoms with Crippen molar-refractivity contribution in [3.8, 4) is 0 Å². The van der Waals surface area contributed by atoms with Crippen LogP contribution < -0.4 is 0 Å². The first-order valence-corrected chi connectivity index (χ1v) is 8.52. The molecule has 0 bridgehead atoms. The molecule has 4 nitrogen and oxygen atoms in total. The molecular formula is C16H27NO3S. The third-order valence-corrected chi connectivity index (χ3v) is 4.43. The van der Waals surface area contributed by atoms with Gasteiger partial charge in [0.15, 0.2) is 5.78 Å². The van der Waals surface area contributed by atoms with Gasteiger partial charge in [-0.15, -0.1) is 11.3 Å². The molecule has 0 aliphatic carbocycles. The molecule has 120 valence electrons. The first-order valence-electron chi connectivity index (χ1n) is 7.70. The van der Waals surface area contributed by atoms with Gasteiger partial charge in [-0.2, -0.15) is 0 Å². The molecule has 5 heteroatoms. The highest BCUT2D eigenvalue weighted by molar-refractivity contribution is 7.14. The van der Waals surface area contributed by atoms with Crippen LogP contribution in [0, 0.1) is 0 Å². The second kappa shape index (κ2) is 10.9. The lowest BCUT2D eigenvalue weighted by Gasteiger charge is -2.21. The van der Waals surface area contributed by atoms with Gasteiger partial charge in [0.2, 0.25) is 0 Å². The summed E-state index contributed by atoms with van der Waals surface area (Å²) in [6, 6.07) is 3.98. The molecule has 21 heavy (non-hydrogen) atoms. The van der Waals surface area contributed by atoms with Crippen molar-refractivity contribution in [2.45, 2.75) is 27.2 Å². The average molecular weight is 313 g/mol. The highest BCUT2D eigenvalue weighted by Crippen LogP contribution is 2.17. The van der Waals surface area contributed by atoms with Gasteiger partial charge < -0.3 is 9.47 Å². The van der Waals surface area contributed by atoms with Crippen molar-refractivity contribution in [1.29, 1.82) is 0 Å². The van der Waals surface area contributed by atoms with Gasteiger partial charge in [-0.1, -0.05) is 6.92 Å². The number of rotatable bonds is 12. The lowest BCUT2D eigenvalue weighted by Crippen LogP contribution is -2.35. The minimum atomic E-state index is 0.188. The van der Waals surface area contributed by atoms with Gasteiger partial charge in [0.1, 0.15) is 0 Å². The van der Waals surface area contributed by atoms with Crippen LogP contribution in [0.3, 0.4) is 0 Å². The Morgan fingerprint density at radius 1 is 1.10 bits per heavy atom. The molecule has 0 spiro atoms. The first kappa shape index (κ1) is 18.3. The van der Waals surface area contributed by atoms with Crippen molar-refractivity contribution in [1.82, 2.24) is 4.90 Å². The molecule has 1 aromatic heterocycles. The minimum Gasteiger partial charge on any atom is -0.380 e. The molecule has 0 aromatic carbocycles. The summed E-state index contributed by atoms with van der Waals surface area (Å²) in [6.07, 6.45) is 0.982. The largest absolute Gasteiger partial charge is 0.380 e. The number of ether oxygens (including phenoxy) is 2. The predicted octanol–water partition coefficient (Wildman–Crippen LogP) is 2.87. The quantitative estimate of drug-likeness (QED) is 0.439. The van der Waals surface area contributed by atoms with Gasteiger partial charge in [-0.3, -0.25) is 9.69 Å². The van der Waals surface area contributed by atoms with E-state index in [9.17, 15) is 4.79 Å². The minimum absolute atomic E-state index is 0.188. The van der Waals surface area contributed by atoms with E-state index >= 15 is 0 Å². The summed E-state index contributed by atoms with van der Waals surface area (Å²) in [6.45, 7) is 10.7. The number of nitrogens with zero attached hydrogens (tertiary/aromatic N) is 1. The third kappa shape index (κ3) is 7.18. The van der Waals surface area contributed by atoms with Gasteiger partial charge in [-0.25, -0.2) is 0 Å². The second-order valence-electron chi connectivity index (χ2n) is 4.71. The highest BCUT2D eigenvalue weighted by Gasteiger charge is 2.14. The molecule has 0 N–H and O–H groups in total. The van der Waals surface area contributed by atoms with Gasteiger partial charge in [-0.05, 0) is 32.4 Å². The number of ketones is 1. The number of hydrogen-bond acceptors (Lipinski definition) is 5. The Kier molecular flexibility index (Phi) is 9.50. The molecule has 0 atom stereocenters. The van der Waals surface area contributed by atoms with Crippen molar-refractivity contribution in [3.05, 3.63) is 21.9 Å². The van der Waals surface area contributed by atoms with Crippen LogP contribution in [0.4, 0.5) is 0 Å². The van der Waals surface area contributed by atoms with Crippen LogP contribution in [0.2, 0.25) is 0 Å². The summed E-state index contributed by atoms with van der Waals surface area (Å²) in [5.41, 5.74) is 0. The molecule has 0 unspecified atom stereocenters. The Hall–Kier alpha value is -0.750. The molecule has 0 aliphatic heterocycles. The van der Waals surface area contributed by atoms with E-state index in [0.717, 1.165) is 24.4 Å². The smallest absolute Gasteiger partial charge is 0.186 e. The van der Waals surface area contributed by atoms with Gasteiger partial charge in [0.05, 0.1) is 24.6 Å². The molecule has 0 saturated heterocycles. The molecule has 1 rings (SSSR count). The summed E-state index contributed by atoms with van der Waals surface area (Å²) < 4.78 is 10.8. The number of Topliss-reactive ketones (excluding diaryl/α,β-unsaturated/α-hetero) is 1. The standard InChI is InChI=1S/C16H27NO3S/c1-4-14-7-8-16(21-14)15(18)13-17(9-11-19-5-2)10-12-20-6-3/h7-8H,4-6,9-13H2,1-3H3. The molecule has 0 aliphatic rings. The maximum absolute atomic E-state index is 12.3. The van der Waals surface area contributed by atoms with Crippen LogP contribution in [-0.4, -0.2) is 56.7 Å². The molecule has 0 fully saturated rings. The summed E-state index contributed by atoms with van der Waals surface area (Å²) in [5.74, 6) is 0.188. The topological polar surface area (TPSA) is 38.8 Å². The molecule has 0 radical (unpaired) electrons. The van der Waals surface area contributed by atoms with Crippen LogP contribution in [0.15, 0.2) is 12.1 Å². The second-order valence-corrected chi connectivity index (χ2v) is 5.88. The Morgan fingerprint density at radius 2 is 1.71 bits per heavy atom. The Bertz CT molecular complexity index is 396. The van der Waals surface area contributed by atoms with Crippen LogP contribution in [0.5, 0.6) is 0 Å². The molecule has 1 aromatic rings. The van der Waals surface area contributed by atoms with E-state index in [-0.39, 0.29) is 5.78 Å². The van der Waals surface area contributed by atoms with Gasteiger partial charge in [0.25, 0.3) is 0 Å². The van der Waals surface area contributed by atoms with Crippen molar-refractivity contribution in [2.75, 3.05) is 46.1 Å². The fourth-order valence-electron chi connectivity index (χ4n) is 1.94. The SMILES string of the molecule is CCOCCN(CCOCC)CC(=O)c1ccc(CC)s1.